The maximum atomic E-state index is 13.0. The SMILES string of the molecule is Cc1nccc(NC(=O)N2CCCCCC2c2noc(-c3cnn(C)c3)n2)n1. The van der Waals surface area contributed by atoms with Gasteiger partial charge in [-0.25, -0.2) is 14.8 Å². The first kappa shape index (κ1) is 18.1. The number of urea groups is 1. The molecule has 0 aliphatic carbocycles. The van der Waals surface area contributed by atoms with Gasteiger partial charge in [-0.15, -0.1) is 0 Å². The highest BCUT2D eigenvalue weighted by atomic mass is 16.5. The molecule has 1 N–H and O–H groups in total. The molecule has 4 rings (SSSR count). The lowest BCUT2D eigenvalue weighted by atomic mass is 10.1. The third-order valence-electron chi connectivity index (χ3n) is 4.72. The van der Waals surface area contributed by atoms with Gasteiger partial charge in [0.25, 0.3) is 5.89 Å². The van der Waals surface area contributed by atoms with Gasteiger partial charge in [0.05, 0.1) is 17.8 Å². The van der Waals surface area contributed by atoms with Crippen LogP contribution in [0.15, 0.2) is 29.2 Å². The van der Waals surface area contributed by atoms with Crippen molar-refractivity contribution in [3.8, 4) is 11.5 Å². The van der Waals surface area contributed by atoms with Crippen LogP contribution in [-0.4, -0.2) is 47.4 Å². The number of rotatable bonds is 3. The van der Waals surface area contributed by atoms with E-state index in [-0.39, 0.29) is 12.1 Å². The number of aryl methyl sites for hydroxylation is 2. The topological polar surface area (TPSA) is 115 Å². The normalized spacial score (nSPS) is 17.4. The summed E-state index contributed by atoms with van der Waals surface area (Å²) in [6.45, 7) is 2.40. The van der Waals surface area contributed by atoms with Gasteiger partial charge in [0.2, 0.25) is 0 Å². The van der Waals surface area contributed by atoms with Gasteiger partial charge in [0.15, 0.2) is 5.82 Å². The van der Waals surface area contributed by atoms with Crippen LogP contribution in [-0.2, 0) is 7.05 Å². The molecule has 0 spiro atoms. The number of carbonyl (C=O) groups is 1. The number of carbonyl (C=O) groups excluding carboxylic acids is 1. The molecule has 1 unspecified atom stereocenters. The second-order valence-electron chi connectivity index (χ2n) is 6.84. The Morgan fingerprint density at radius 2 is 2.18 bits per heavy atom. The molecule has 146 valence electrons. The van der Waals surface area contributed by atoms with Crippen LogP contribution in [0.25, 0.3) is 11.5 Å². The Labute approximate surface area is 162 Å². The van der Waals surface area contributed by atoms with E-state index in [1.54, 1.807) is 35.0 Å². The van der Waals surface area contributed by atoms with Gasteiger partial charge in [0, 0.05) is 26.0 Å². The summed E-state index contributed by atoms with van der Waals surface area (Å²) in [7, 11) is 1.83. The first-order valence-corrected chi connectivity index (χ1v) is 9.30. The first-order chi connectivity index (χ1) is 13.6. The van der Waals surface area contributed by atoms with Crippen molar-refractivity contribution >= 4 is 11.8 Å². The van der Waals surface area contributed by atoms with Crippen LogP contribution in [0.2, 0.25) is 0 Å². The molecule has 0 aromatic carbocycles. The molecule has 4 heterocycles. The lowest BCUT2D eigenvalue weighted by Gasteiger charge is -2.27. The zero-order chi connectivity index (χ0) is 19.5. The summed E-state index contributed by atoms with van der Waals surface area (Å²) in [6.07, 6.45) is 8.87. The quantitative estimate of drug-likeness (QED) is 0.740. The minimum atomic E-state index is -0.250. The van der Waals surface area contributed by atoms with Crippen LogP contribution in [0.4, 0.5) is 10.6 Å². The van der Waals surface area contributed by atoms with Gasteiger partial charge in [-0.2, -0.15) is 10.1 Å². The smallest absolute Gasteiger partial charge is 0.323 e. The fourth-order valence-corrected chi connectivity index (χ4v) is 3.35. The molecule has 1 saturated heterocycles. The zero-order valence-corrected chi connectivity index (χ0v) is 15.9. The molecule has 1 aliphatic heterocycles. The van der Waals surface area contributed by atoms with E-state index in [2.05, 4.69) is 30.5 Å². The Balaban J connectivity index is 1.56. The summed E-state index contributed by atoms with van der Waals surface area (Å²) in [5, 5.41) is 11.1. The fraction of sp³-hybridized carbons (Fsp3) is 0.444. The lowest BCUT2D eigenvalue weighted by molar-refractivity contribution is 0.184. The van der Waals surface area contributed by atoms with E-state index in [0.29, 0.717) is 29.9 Å². The zero-order valence-electron chi connectivity index (χ0n) is 15.9. The number of likely N-dealkylation sites (tertiary alicyclic amines) is 1. The third kappa shape index (κ3) is 3.85. The number of hydrogen-bond acceptors (Lipinski definition) is 7. The Hall–Kier alpha value is -3.30. The molecule has 3 aromatic heterocycles. The van der Waals surface area contributed by atoms with Crippen molar-refractivity contribution in [1.29, 1.82) is 0 Å². The predicted octanol–water partition coefficient (Wildman–Crippen LogP) is 2.72. The van der Waals surface area contributed by atoms with Gasteiger partial charge in [-0.1, -0.05) is 18.0 Å². The largest absolute Gasteiger partial charge is 0.334 e. The Morgan fingerprint density at radius 1 is 1.29 bits per heavy atom. The summed E-state index contributed by atoms with van der Waals surface area (Å²) in [5.74, 6) is 1.99. The van der Waals surface area contributed by atoms with Crippen LogP contribution in [0.3, 0.4) is 0 Å². The standard InChI is InChI=1S/C18H22N8O2/c1-12-19-8-7-15(21-12)22-18(27)26-9-5-3-4-6-14(26)16-23-17(28-24-16)13-10-20-25(2)11-13/h7-8,10-11,14H,3-6,9H2,1-2H3,(H,19,21,22,27). The van der Waals surface area contributed by atoms with Gasteiger partial charge < -0.3 is 9.42 Å². The monoisotopic (exact) mass is 382 g/mol. The maximum absolute atomic E-state index is 13.0. The summed E-state index contributed by atoms with van der Waals surface area (Å²) in [4.78, 5) is 27.6. The van der Waals surface area contributed by atoms with E-state index in [0.717, 1.165) is 31.2 Å². The van der Waals surface area contributed by atoms with E-state index in [1.165, 1.54) is 0 Å². The van der Waals surface area contributed by atoms with E-state index in [9.17, 15) is 4.79 Å². The lowest BCUT2D eigenvalue weighted by Crippen LogP contribution is -2.38. The molecule has 0 saturated carbocycles. The van der Waals surface area contributed by atoms with Crippen molar-refractivity contribution in [1.82, 2.24) is 34.8 Å². The molecular formula is C18H22N8O2. The molecule has 3 aromatic rings. The van der Waals surface area contributed by atoms with Gasteiger partial charge in [-0.3, -0.25) is 10.00 Å². The summed E-state index contributed by atoms with van der Waals surface area (Å²) >= 11 is 0. The number of anilines is 1. The van der Waals surface area contributed by atoms with Crippen molar-refractivity contribution in [3.63, 3.8) is 0 Å². The minimum absolute atomic E-state index is 0.224. The van der Waals surface area contributed by atoms with Gasteiger partial charge >= 0.3 is 6.03 Å². The molecule has 10 heteroatoms. The first-order valence-electron chi connectivity index (χ1n) is 9.30. The highest BCUT2D eigenvalue weighted by Gasteiger charge is 2.31. The molecule has 2 amide bonds. The van der Waals surface area contributed by atoms with E-state index < -0.39 is 0 Å². The second kappa shape index (κ2) is 7.75. The van der Waals surface area contributed by atoms with Crippen LogP contribution in [0.1, 0.15) is 43.4 Å². The fourth-order valence-electron chi connectivity index (χ4n) is 3.35. The van der Waals surface area contributed by atoms with Gasteiger partial charge in [0.1, 0.15) is 11.6 Å². The number of hydrogen-bond donors (Lipinski definition) is 1. The van der Waals surface area contributed by atoms with Crippen molar-refractivity contribution in [3.05, 3.63) is 36.3 Å². The average molecular weight is 382 g/mol. The summed E-state index contributed by atoms with van der Waals surface area (Å²) < 4.78 is 7.10. The number of nitrogens with zero attached hydrogens (tertiary/aromatic N) is 7. The molecule has 0 radical (unpaired) electrons. The molecule has 1 atom stereocenters. The van der Waals surface area contributed by atoms with Crippen molar-refractivity contribution in [2.24, 2.45) is 7.05 Å². The predicted molar refractivity (Wildman–Crippen MR) is 100 cm³/mol. The van der Waals surface area contributed by atoms with Crippen LogP contribution < -0.4 is 5.32 Å². The number of amides is 2. The summed E-state index contributed by atoms with van der Waals surface area (Å²) in [6, 6.07) is 1.20. The number of nitrogens with one attached hydrogen (secondary N) is 1. The maximum Gasteiger partial charge on any atom is 0.323 e. The molecule has 10 nitrogen and oxygen atoms in total. The highest BCUT2D eigenvalue weighted by Crippen LogP contribution is 2.30. The number of aromatic nitrogens is 6. The average Bonchev–Trinajstić information content (AvgIpc) is 3.24. The highest BCUT2D eigenvalue weighted by molar-refractivity contribution is 5.88. The Bertz CT molecular complexity index is 966. The molecule has 28 heavy (non-hydrogen) atoms. The van der Waals surface area contributed by atoms with Crippen LogP contribution in [0.5, 0.6) is 0 Å². The van der Waals surface area contributed by atoms with Gasteiger partial charge in [-0.05, 0) is 25.8 Å². The molecular weight excluding hydrogens is 360 g/mol. The minimum Gasteiger partial charge on any atom is -0.334 e. The van der Waals surface area contributed by atoms with Crippen LogP contribution >= 0.6 is 0 Å². The Kier molecular flexibility index (Phi) is 5.00. The Morgan fingerprint density at radius 3 is 2.96 bits per heavy atom. The van der Waals surface area contributed by atoms with E-state index in [4.69, 9.17) is 4.52 Å². The van der Waals surface area contributed by atoms with E-state index >= 15 is 0 Å². The van der Waals surface area contributed by atoms with Crippen LogP contribution in [0, 0.1) is 6.92 Å². The molecule has 1 fully saturated rings. The van der Waals surface area contributed by atoms with Crippen molar-refractivity contribution in [2.75, 3.05) is 11.9 Å². The molecule has 1 aliphatic rings. The van der Waals surface area contributed by atoms with Crippen molar-refractivity contribution < 1.29 is 9.32 Å². The third-order valence-corrected chi connectivity index (χ3v) is 4.72. The van der Waals surface area contributed by atoms with Crippen molar-refractivity contribution in [2.45, 2.75) is 38.6 Å². The molecule has 0 bridgehead atoms. The van der Waals surface area contributed by atoms with E-state index in [1.807, 2.05) is 13.2 Å². The summed E-state index contributed by atoms with van der Waals surface area (Å²) in [5.41, 5.74) is 0.752. The second-order valence-corrected chi connectivity index (χ2v) is 6.84.